The fourth-order valence-corrected chi connectivity index (χ4v) is 2.94. The second kappa shape index (κ2) is 16.5. The van der Waals surface area contributed by atoms with Gasteiger partial charge in [-0.25, -0.2) is 4.79 Å². The summed E-state index contributed by atoms with van der Waals surface area (Å²) < 4.78 is 0. The first kappa shape index (κ1) is 29.9. The van der Waals surface area contributed by atoms with Crippen LogP contribution in [0.4, 0.5) is 10.5 Å². The Bertz CT molecular complexity index is 752. The van der Waals surface area contributed by atoms with Crippen LogP contribution in [0.3, 0.4) is 0 Å². The molecule has 1 aromatic rings. The van der Waals surface area contributed by atoms with Gasteiger partial charge in [-0.2, -0.15) is 0 Å². The van der Waals surface area contributed by atoms with Gasteiger partial charge < -0.3 is 32.3 Å². The van der Waals surface area contributed by atoms with Gasteiger partial charge in [0.15, 0.2) is 0 Å². The summed E-state index contributed by atoms with van der Waals surface area (Å²) in [5.74, 6) is -1.33. The number of anilines is 1. The van der Waals surface area contributed by atoms with Gasteiger partial charge in [-0.3, -0.25) is 14.4 Å². The molecule has 0 aromatic heterocycles. The smallest absolute Gasteiger partial charge is 0.312 e. The zero-order valence-corrected chi connectivity index (χ0v) is 20.6. The molecular formula is C23H40N6O4. The van der Waals surface area contributed by atoms with Crippen LogP contribution in [0.2, 0.25) is 0 Å². The van der Waals surface area contributed by atoms with Crippen molar-refractivity contribution < 1.29 is 19.2 Å². The molecule has 1 aromatic carbocycles. The number of hydrogen-bond acceptors (Lipinski definition) is 5. The number of amides is 5. The molecule has 10 heteroatoms. The predicted molar refractivity (Wildman–Crippen MR) is 130 cm³/mol. The van der Waals surface area contributed by atoms with Gasteiger partial charge in [0.05, 0.1) is 0 Å². The molecular weight excluding hydrogens is 424 g/mol. The zero-order chi connectivity index (χ0) is 25.4. The summed E-state index contributed by atoms with van der Waals surface area (Å²) in [6.07, 6.45) is 0.704. The Morgan fingerprint density at radius 1 is 0.970 bits per heavy atom. The van der Waals surface area contributed by atoms with Crippen molar-refractivity contribution in [3.05, 3.63) is 29.8 Å². The third-order valence-corrected chi connectivity index (χ3v) is 4.51. The van der Waals surface area contributed by atoms with Crippen molar-refractivity contribution in [2.45, 2.75) is 66.1 Å². The van der Waals surface area contributed by atoms with E-state index < -0.39 is 24.0 Å². The molecule has 0 bridgehead atoms. The third kappa shape index (κ3) is 12.5. The SMILES string of the molecule is CC.CNCc1ccc(NC(=O)[C@H](CCCNC(N)=O)NC(=O)C(NC(C)=O)C(C)C)cc1. The number of benzene rings is 1. The number of nitrogens with one attached hydrogen (secondary N) is 5. The molecule has 186 valence electrons. The Balaban J connectivity index is 0.00000497. The molecule has 0 aliphatic carbocycles. The molecule has 2 atom stereocenters. The average Bonchev–Trinajstić information content (AvgIpc) is 2.76. The van der Waals surface area contributed by atoms with Crippen LogP contribution >= 0.6 is 0 Å². The number of carbonyl (C=O) groups excluding carboxylic acids is 4. The number of primary amides is 1. The molecule has 0 aliphatic heterocycles. The van der Waals surface area contributed by atoms with Crippen LogP contribution in [0.25, 0.3) is 0 Å². The predicted octanol–water partition coefficient (Wildman–Crippen LogP) is 1.46. The molecule has 1 unspecified atom stereocenters. The standard InChI is InChI=1S/C21H34N6O4.C2H6/c1-13(2)18(25-14(3)28)20(30)27-17(6-5-11-24-21(22)31)19(29)26-16-9-7-15(8-10-16)12-23-4;1-2/h7-10,13,17-18,23H,5-6,11-12H2,1-4H3,(H,25,28)(H,26,29)(H,27,30)(H3,22,24,31);1-2H3/t17-,18?;/m0./s1. The van der Waals surface area contributed by atoms with Crippen molar-refractivity contribution in [2.24, 2.45) is 11.7 Å². The Hall–Kier alpha value is -3.14. The minimum atomic E-state index is -0.853. The number of nitrogens with two attached hydrogens (primary N) is 1. The largest absolute Gasteiger partial charge is 0.352 e. The topological polar surface area (TPSA) is 154 Å². The first-order chi connectivity index (χ1) is 15.6. The number of hydrogen-bond donors (Lipinski definition) is 6. The van der Waals surface area contributed by atoms with E-state index in [-0.39, 0.29) is 30.7 Å². The Kier molecular flexibility index (Phi) is 14.9. The molecule has 0 heterocycles. The second-order valence-electron chi connectivity index (χ2n) is 7.63. The van der Waals surface area contributed by atoms with E-state index in [4.69, 9.17) is 5.73 Å². The van der Waals surface area contributed by atoms with Crippen molar-refractivity contribution >= 4 is 29.4 Å². The molecule has 1 rings (SSSR count). The van der Waals surface area contributed by atoms with Gasteiger partial charge in [0.25, 0.3) is 0 Å². The maximum Gasteiger partial charge on any atom is 0.312 e. The van der Waals surface area contributed by atoms with Crippen LogP contribution in [-0.4, -0.2) is 49.4 Å². The van der Waals surface area contributed by atoms with E-state index in [9.17, 15) is 19.2 Å². The first-order valence-electron chi connectivity index (χ1n) is 11.3. The average molecular weight is 465 g/mol. The maximum absolute atomic E-state index is 12.9. The van der Waals surface area contributed by atoms with Crippen LogP contribution < -0.4 is 32.3 Å². The second-order valence-corrected chi connectivity index (χ2v) is 7.63. The molecule has 0 radical (unpaired) electrons. The molecule has 0 saturated heterocycles. The first-order valence-corrected chi connectivity index (χ1v) is 11.3. The molecule has 5 amide bonds. The van der Waals surface area contributed by atoms with Crippen LogP contribution in [0.15, 0.2) is 24.3 Å². The summed E-state index contributed by atoms with van der Waals surface area (Å²) >= 11 is 0. The fourth-order valence-electron chi connectivity index (χ4n) is 2.94. The van der Waals surface area contributed by atoms with E-state index in [1.807, 2.05) is 33.0 Å². The summed E-state index contributed by atoms with van der Waals surface area (Å²) in [6, 6.07) is 5.08. The van der Waals surface area contributed by atoms with Gasteiger partial charge in [0.2, 0.25) is 17.7 Å². The third-order valence-electron chi connectivity index (χ3n) is 4.51. The zero-order valence-electron chi connectivity index (χ0n) is 20.6. The van der Waals surface area contributed by atoms with Gasteiger partial charge in [0, 0.05) is 25.7 Å². The lowest BCUT2D eigenvalue weighted by Gasteiger charge is -2.25. The quantitative estimate of drug-likeness (QED) is 0.258. The van der Waals surface area contributed by atoms with Crippen LogP contribution in [-0.2, 0) is 20.9 Å². The molecule has 33 heavy (non-hydrogen) atoms. The van der Waals surface area contributed by atoms with E-state index in [1.165, 1.54) is 6.92 Å². The Morgan fingerprint density at radius 2 is 1.58 bits per heavy atom. The van der Waals surface area contributed by atoms with Gasteiger partial charge in [-0.05, 0) is 43.5 Å². The fraction of sp³-hybridized carbons (Fsp3) is 0.565. The van der Waals surface area contributed by atoms with Gasteiger partial charge in [-0.1, -0.05) is 39.8 Å². The summed E-state index contributed by atoms with van der Waals surface area (Å²) in [7, 11) is 1.85. The summed E-state index contributed by atoms with van der Waals surface area (Å²) in [4.78, 5) is 47.9. The van der Waals surface area contributed by atoms with Crippen molar-refractivity contribution in [3.8, 4) is 0 Å². The molecule has 0 fully saturated rings. The van der Waals surface area contributed by atoms with Gasteiger partial charge >= 0.3 is 6.03 Å². The highest BCUT2D eigenvalue weighted by molar-refractivity contribution is 5.98. The molecule has 0 spiro atoms. The Labute approximate surface area is 196 Å². The van der Waals surface area contributed by atoms with Crippen molar-refractivity contribution in [1.29, 1.82) is 0 Å². The highest BCUT2D eigenvalue weighted by atomic mass is 16.2. The monoisotopic (exact) mass is 464 g/mol. The van der Waals surface area contributed by atoms with Gasteiger partial charge in [0.1, 0.15) is 12.1 Å². The van der Waals surface area contributed by atoms with Crippen molar-refractivity contribution in [3.63, 3.8) is 0 Å². The number of rotatable bonds is 12. The van der Waals surface area contributed by atoms with Crippen molar-refractivity contribution in [1.82, 2.24) is 21.3 Å². The lowest BCUT2D eigenvalue weighted by molar-refractivity contribution is -0.131. The highest BCUT2D eigenvalue weighted by Crippen LogP contribution is 2.12. The molecule has 7 N–H and O–H groups in total. The minimum absolute atomic E-state index is 0.163. The normalized spacial score (nSPS) is 12.0. The number of urea groups is 1. The van der Waals surface area contributed by atoms with E-state index in [1.54, 1.807) is 26.0 Å². The lowest BCUT2D eigenvalue weighted by Crippen LogP contribution is -2.54. The number of carbonyl (C=O) groups is 4. The lowest BCUT2D eigenvalue weighted by atomic mass is 10.0. The highest BCUT2D eigenvalue weighted by Gasteiger charge is 2.28. The summed E-state index contributed by atoms with van der Waals surface area (Å²) in [5.41, 5.74) is 6.73. The Morgan fingerprint density at radius 3 is 2.06 bits per heavy atom. The molecule has 10 nitrogen and oxygen atoms in total. The van der Waals surface area contributed by atoms with E-state index in [0.29, 0.717) is 18.7 Å². The van der Waals surface area contributed by atoms with Gasteiger partial charge in [-0.15, -0.1) is 0 Å². The van der Waals surface area contributed by atoms with Crippen molar-refractivity contribution in [2.75, 3.05) is 18.9 Å². The molecule has 0 aliphatic rings. The van der Waals surface area contributed by atoms with Crippen LogP contribution in [0.1, 0.15) is 53.0 Å². The minimum Gasteiger partial charge on any atom is -0.352 e. The molecule has 0 saturated carbocycles. The summed E-state index contributed by atoms with van der Waals surface area (Å²) in [6.45, 7) is 9.92. The summed E-state index contributed by atoms with van der Waals surface area (Å²) in [5, 5.41) is 13.6. The van der Waals surface area contributed by atoms with Crippen LogP contribution in [0, 0.1) is 5.92 Å². The maximum atomic E-state index is 12.9. The van der Waals surface area contributed by atoms with E-state index >= 15 is 0 Å². The van der Waals surface area contributed by atoms with Crippen LogP contribution in [0.5, 0.6) is 0 Å². The van der Waals surface area contributed by atoms with E-state index in [0.717, 1.165) is 5.56 Å². The van der Waals surface area contributed by atoms with E-state index in [2.05, 4.69) is 26.6 Å².